The lowest BCUT2D eigenvalue weighted by Crippen LogP contribution is -2.07. The van der Waals surface area contributed by atoms with Crippen LogP contribution in [0.2, 0.25) is 10.0 Å². The highest BCUT2D eigenvalue weighted by molar-refractivity contribution is 6.35. The molecule has 0 spiro atoms. The predicted octanol–water partition coefficient (Wildman–Crippen LogP) is 7.38. The molecule has 0 amide bonds. The van der Waals surface area contributed by atoms with Crippen molar-refractivity contribution < 1.29 is 14.6 Å². The van der Waals surface area contributed by atoms with Crippen molar-refractivity contribution in [1.82, 2.24) is 14.3 Å². The van der Waals surface area contributed by atoms with Crippen molar-refractivity contribution in [3.63, 3.8) is 0 Å². The van der Waals surface area contributed by atoms with E-state index < -0.39 is 5.97 Å². The maximum absolute atomic E-state index is 11.5. The van der Waals surface area contributed by atoms with Gasteiger partial charge in [-0.15, -0.1) is 0 Å². The molecule has 1 N–H and O–H groups in total. The number of halogens is 2. The van der Waals surface area contributed by atoms with Gasteiger partial charge in [0.25, 0.3) is 0 Å². The molecule has 4 aromatic rings. The predicted molar refractivity (Wildman–Crippen MR) is 150 cm³/mol. The Balaban J connectivity index is 1.72. The number of aliphatic carboxylic acids is 1. The number of carbonyl (C=O) groups is 1. The highest BCUT2D eigenvalue weighted by Crippen LogP contribution is 2.42. The third-order valence-electron chi connectivity index (χ3n) is 7.12. The summed E-state index contributed by atoms with van der Waals surface area (Å²) in [6.45, 7) is 10.9. The first-order valence-electron chi connectivity index (χ1n) is 12.4. The molecule has 2 aromatic heterocycles. The Labute approximate surface area is 227 Å². The van der Waals surface area contributed by atoms with Crippen LogP contribution in [0.25, 0.3) is 22.0 Å². The minimum atomic E-state index is -0.831. The highest BCUT2D eigenvalue weighted by Gasteiger charge is 2.24. The monoisotopic (exact) mass is 541 g/mol. The number of hydrogen-bond donors (Lipinski definition) is 1. The first-order chi connectivity index (χ1) is 17.5. The molecule has 6 nitrogen and oxygen atoms in total. The van der Waals surface area contributed by atoms with Crippen LogP contribution in [0.15, 0.2) is 24.3 Å². The maximum Gasteiger partial charge on any atom is 0.305 e. The fraction of sp³-hybridized carbons (Fsp3) is 0.379. The lowest BCUT2D eigenvalue weighted by molar-refractivity contribution is -0.137. The zero-order chi connectivity index (χ0) is 27.0. The van der Waals surface area contributed by atoms with E-state index in [9.17, 15) is 9.90 Å². The number of rotatable bonds is 9. The number of carboxylic acid groups (broad SMARTS) is 1. The van der Waals surface area contributed by atoms with Gasteiger partial charge < -0.3 is 14.4 Å². The summed E-state index contributed by atoms with van der Waals surface area (Å²) < 4.78 is 10.0. The Morgan fingerprint density at radius 2 is 1.70 bits per heavy atom. The van der Waals surface area contributed by atoms with Crippen LogP contribution in [-0.4, -0.2) is 32.0 Å². The Morgan fingerprint density at radius 1 is 1.03 bits per heavy atom. The van der Waals surface area contributed by atoms with E-state index in [2.05, 4.69) is 22.7 Å². The molecule has 0 radical (unpaired) electrons. The van der Waals surface area contributed by atoms with Crippen LogP contribution < -0.4 is 4.74 Å². The summed E-state index contributed by atoms with van der Waals surface area (Å²) in [6.07, 6.45) is 1.63. The van der Waals surface area contributed by atoms with Gasteiger partial charge in [0.05, 0.1) is 29.3 Å². The van der Waals surface area contributed by atoms with Crippen LogP contribution in [0.4, 0.5) is 0 Å². The quantitative estimate of drug-likeness (QED) is 0.224. The first-order valence-corrected chi connectivity index (χ1v) is 13.2. The molecular weight excluding hydrogens is 509 g/mol. The minimum Gasteiger partial charge on any atom is -0.494 e. The summed E-state index contributed by atoms with van der Waals surface area (Å²) in [6, 6.07) is 7.91. The lowest BCUT2D eigenvalue weighted by atomic mass is 9.98. The summed E-state index contributed by atoms with van der Waals surface area (Å²) in [5.41, 5.74) is 9.01. The van der Waals surface area contributed by atoms with Crippen LogP contribution >= 0.6 is 23.2 Å². The van der Waals surface area contributed by atoms with Crippen molar-refractivity contribution in [2.24, 2.45) is 7.05 Å². The highest BCUT2D eigenvalue weighted by atomic mass is 35.5. The second-order valence-corrected chi connectivity index (χ2v) is 10.5. The van der Waals surface area contributed by atoms with Gasteiger partial charge in [0.15, 0.2) is 0 Å². The number of hydrogen-bond acceptors (Lipinski definition) is 3. The Kier molecular flexibility index (Phi) is 7.91. The molecule has 37 heavy (non-hydrogen) atoms. The van der Waals surface area contributed by atoms with E-state index in [1.807, 2.05) is 57.6 Å². The van der Waals surface area contributed by atoms with Gasteiger partial charge in [-0.2, -0.15) is 5.10 Å². The summed E-state index contributed by atoms with van der Waals surface area (Å²) in [5, 5.41) is 16.5. The van der Waals surface area contributed by atoms with Gasteiger partial charge in [0, 0.05) is 46.5 Å². The van der Waals surface area contributed by atoms with Gasteiger partial charge in [-0.3, -0.25) is 9.48 Å². The molecule has 4 rings (SSSR count). The van der Waals surface area contributed by atoms with Gasteiger partial charge in [-0.1, -0.05) is 29.3 Å². The largest absolute Gasteiger partial charge is 0.494 e. The third-order valence-corrected chi connectivity index (χ3v) is 8.03. The number of benzene rings is 2. The van der Waals surface area contributed by atoms with Crippen LogP contribution in [0.1, 0.15) is 46.6 Å². The Bertz CT molecular complexity index is 1480. The third kappa shape index (κ3) is 5.23. The van der Waals surface area contributed by atoms with E-state index in [0.717, 1.165) is 73.9 Å². The van der Waals surface area contributed by atoms with E-state index in [4.69, 9.17) is 27.9 Å². The SMILES string of the molecule is Cc1cc(OCCCc2c(C)n(CCC(=O)O)c3c(-c4c(C)nn(C)c4C)c(Cl)ccc23)cc(C)c1Cl. The standard InChI is InChI=1S/C29H33Cl2N3O3/c1-16-14-21(15-17(2)28(16)31)37-13-7-8-22-19(4)34(12-11-25(35)36)29-23(22)9-10-24(30)27(29)26-18(3)32-33(6)20(26)5/h9-10,14-15H,7-8,11-13H2,1-6H3,(H,35,36). The molecule has 0 bridgehead atoms. The van der Waals surface area contributed by atoms with E-state index in [1.165, 1.54) is 5.56 Å². The van der Waals surface area contributed by atoms with Gasteiger partial charge in [-0.25, -0.2) is 0 Å². The van der Waals surface area contributed by atoms with Crippen LogP contribution in [0, 0.1) is 34.6 Å². The summed E-state index contributed by atoms with van der Waals surface area (Å²) in [4.78, 5) is 11.5. The summed E-state index contributed by atoms with van der Waals surface area (Å²) >= 11 is 13.1. The molecule has 0 unspecified atom stereocenters. The molecule has 0 aliphatic heterocycles. The fourth-order valence-corrected chi connectivity index (χ4v) is 5.58. The summed E-state index contributed by atoms with van der Waals surface area (Å²) in [7, 11) is 1.92. The first kappa shape index (κ1) is 27.1. The van der Waals surface area contributed by atoms with Crippen molar-refractivity contribution in [2.75, 3.05) is 6.61 Å². The number of aromatic nitrogens is 3. The number of aryl methyl sites for hydroxylation is 6. The molecule has 2 heterocycles. The zero-order valence-corrected chi connectivity index (χ0v) is 23.7. The second-order valence-electron chi connectivity index (χ2n) is 9.67. The smallest absolute Gasteiger partial charge is 0.305 e. The number of fused-ring (bicyclic) bond motifs is 1. The lowest BCUT2D eigenvalue weighted by Gasteiger charge is -2.13. The van der Waals surface area contributed by atoms with Crippen LogP contribution in [-0.2, 0) is 24.8 Å². The van der Waals surface area contributed by atoms with Gasteiger partial charge in [0.1, 0.15) is 5.75 Å². The summed E-state index contributed by atoms with van der Waals surface area (Å²) in [5.74, 6) is -0.0151. The van der Waals surface area contributed by atoms with Crippen molar-refractivity contribution in [3.8, 4) is 16.9 Å². The van der Waals surface area contributed by atoms with Crippen molar-refractivity contribution in [1.29, 1.82) is 0 Å². The van der Waals surface area contributed by atoms with Crippen molar-refractivity contribution >= 4 is 40.1 Å². The van der Waals surface area contributed by atoms with E-state index >= 15 is 0 Å². The molecule has 0 atom stereocenters. The van der Waals surface area contributed by atoms with Crippen LogP contribution in [0.3, 0.4) is 0 Å². The topological polar surface area (TPSA) is 69.3 Å². The van der Waals surface area contributed by atoms with Crippen molar-refractivity contribution in [2.45, 2.75) is 60.4 Å². The average molecular weight is 543 g/mol. The van der Waals surface area contributed by atoms with E-state index in [0.29, 0.717) is 18.2 Å². The second kappa shape index (κ2) is 10.8. The molecule has 196 valence electrons. The zero-order valence-electron chi connectivity index (χ0n) is 22.2. The number of nitrogens with zero attached hydrogens (tertiary/aromatic N) is 3. The van der Waals surface area contributed by atoms with E-state index in [1.54, 1.807) is 0 Å². The number of carboxylic acids is 1. The van der Waals surface area contributed by atoms with Gasteiger partial charge >= 0.3 is 5.97 Å². The Morgan fingerprint density at radius 3 is 2.30 bits per heavy atom. The maximum atomic E-state index is 11.5. The number of ether oxygens (including phenoxy) is 1. The average Bonchev–Trinajstić information content (AvgIpc) is 3.24. The van der Waals surface area contributed by atoms with Crippen molar-refractivity contribution in [3.05, 3.63) is 68.1 Å². The Hall–Kier alpha value is -2.96. The van der Waals surface area contributed by atoms with Crippen LogP contribution in [0.5, 0.6) is 5.75 Å². The molecule has 0 fully saturated rings. The normalized spacial score (nSPS) is 11.5. The van der Waals surface area contributed by atoms with Gasteiger partial charge in [-0.05, 0) is 82.3 Å². The molecule has 2 aromatic carbocycles. The molecular formula is C29H33Cl2N3O3. The molecule has 8 heteroatoms. The molecule has 0 aliphatic carbocycles. The molecule has 0 saturated heterocycles. The molecule has 0 saturated carbocycles. The minimum absolute atomic E-state index is 0.0272. The van der Waals surface area contributed by atoms with Gasteiger partial charge in [0.2, 0.25) is 0 Å². The molecule has 0 aliphatic rings. The fourth-order valence-electron chi connectivity index (χ4n) is 5.22. The van der Waals surface area contributed by atoms with E-state index in [-0.39, 0.29) is 6.42 Å².